The van der Waals surface area contributed by atoms with Crippen molar-refractivity contribution in [2.45, 2.75) is 12.8 Å². The number of hydrogen-bond donors (Lipinski definition) is 3. The van der Waals surface area contributed by atoms with Gasteiger partial charge in [-0.05, 0) is 24.1 Å². The summed E-state index contributed by atoms with van der Waals surface area (Å²) in [6.07, 6.45) is 0.642. The van der Waals surface area contributed by atoms with E-state index in [2.05, 4.69) is 10.3 Å². The summed E-state index contributed by atoms with van der Waals surface area (Å²) < 4.78 is 5.07. The van der Waals surface area contributed by atoms with E-state index in [9.17, 15) is 14.4 Å². The Kier molecular flexibility index (Phi) is 5.13. The molecule has 0 spiro atoms. The van der Waals surface area contributed by atoms with E-state index >= 15 is 0 Å². The quantitative estimate of drug-likeness (QED) is 0.697. The Bertz CT molecular complexity index is 718. The first kappa shape index (κ1) is 15.6. The summed E-state index contributed by atoms with van der Waals surface area (Å²) in [6.45, 7) is 0.471. The van der Waals surface area contributed by atoms with E-state index in [0.29, 0.717) is 13.0 Å². The minimum atomic E-state index is -0.617. The van der Waals surface area contributed by atoms with Gasteiger partial charge in [-0.2, -0.15) is 0 Å². The molecule has 0 fully saturated rings. The van der Waals surface area contributed by atoms with Crippen LogP contribution < -0.4 is 21.3 Å². The van der Waals surface area contributed by atoms with Gasteiger partial charge in [0.2, 0.25) is 5.91 Å². The van der Waals surface area contributed by atoms with Crippen LogP contribution in [0.4, 0.5) is 0 Å². The van der Waals surface area contributed by atoms with Crippen LogP contribution >= 0.6 is 0 Å². The summed E-state index contributed by atoms with van der Waals surface area (Å²) in [7, 11) is 1.61. The lowest BCUT2D eigenvalue weighted by Crippen LogP contribution is -2.30. The fraction of sp³-hybridized carbons (Fsp3) is 0.267. The van der Waals surface area contributed by atoms with Gasteiger partial charge >= 0.3 is 5.69 Å². The van der Waals surface area contributed by atoms with Crippen molar-refractivity contribution in [1.29, 1.82) is 0 Å². The maximum Gasteiger partial charge on any atom is 0.325 e. The lowest BCUT2D eigenvalue weighted by molar-refractivity contribution is -0.120. The van der Waals surface area contributed by atoms with Crippen LogP contribution in [-0.2, 0) is 17.6 Å². The zero-order valence-electron chi connectivity index (χ0n) is 12.1. The molecule has 7 heteroatoms. The molecular weight excluding hydrogens is 286 g/mol. The number of aromatic nitrogens is 2. The third kappa shape index (κ3) is 4.62. The zero-order valence-corrected chi connectivity index (χ0v) is 12.1. The Hall–Kier alpha value is -2.83. The van der Waals surface area contributed by atoms with Crippen molar-refractivity contribution >= 4 is 5.91 Å². The predicted molar refractivity (Wildman–Crippen MR) is 81.1 cm³/mol. The first-order chi connectivity index (χ1) is 10.6. The number of methoxy groups -OCH3 is 1. The van der Waals surface area contributed by atoms with Gasteiger partial charge in [-0.1, -0.05) is 12.1 Å². The smallest absolute Gasteiger partial charge is 0.325 e. The molecule has 2 rings (SSSR count). The molecule has 2 aromatic rings. The van der Waals surface area contributed by atoms with Crippen LogP contribution in [0.2, 0.25) is 0 Å². The van der Waals surface area contributed by atoms with Gasteiger partial charge in [-0.25, -0.2) is 4.79 Å². The normalized spacial score (nSPS) is 10.2. The van der Waals surface area contributed by atoms with Crippen molar-refractivity contribution < 1.29 is 9.53 Å². The fourth-order valence-corrected chi connectivity index (χ4v) is 1.99. The molecule has 0 saturated heterocycles. The third-order valence-corrected chi connectivity index (χ3v) is 3.06. The van der Waals surface area contributed by atoms with Gasteiger partial charge in [-0.15, -0.1) is 0 Å². The van der Waals surface area contributed by atoms with Crippen LogP contribution in [-0.4, -0.2) is 29.5 Å². The average Bonchev–Trinajstić information content (AvgIpc) is 2.47. The molecule has 0 aliphatic heterocycles. The number of ether oxygens (including phenoxy) is 1. The zero-order chi connectivity index (χ0) is 15.9. The average molecular weight is 303 g/mol. The number of amides is 1. The molecule has 116 valence electrons. The monoisotopic (exact) mass is 303 g/mol. The molecule has 1 amide bonds. The number of aromatic amines is 2. The second-order valence-corrected chi connectivity index (χ2v) is 4.74. The first-order valence-corrected chi connectivity index (χ1v) is 6.79. The Balaban J connectivity index is 1.82. The molecule has 1 aromatic carbocycles. The topological polar surface area (TPSA) is 104 Å². The van der Waals surface area contributed by atoms with E-state index in [1.807, 2.05) is 29.2 Å². The van der Waals surface area contributed by atoms with E-state index in [4.69, 9.17) is 4.74 Å². The highest BCUT2D eigenvalue weighted by atomic mass is 16.5. The lowest BCUT2D eigenvalue weighted by Gasteiger charge is -2.06. The molecule has 0 aliphatic carbocycles. The highest BCUT2D eigenvalue weighted by molar-refractivity contribution is 5.78. The number of carbonyl (C=O) groups is 1. The van der Waals surface area contributed by atoms with Gasteiger partial charge in [0, 0.05) is 18.3 Å². The molecule has 0 aliphatic rings. The van der Waals surface area contributed by atoms with E-state index in [0.717, 1.165) is 11.3 Å². The van der Waals surface area contributed by atoms with Crippen LogP contribution in [0.5, 0.6) is 5.75 Å². The SMILES string of the molecule is COc1ccc(CCNC(=O)Cc2cc(=O)[nH]c(=O)[nH]2)cc1. The van der Waals surface area contributed by atoms with Crippen LogP contribution in [0.15, 0.2) is 39.9 Å². The fourth-order valence-electron chi connectivity index (χ4n) is 1.99. The van der Waals surface area contributed by atoms with Crippen molar-refractivity contribution in [3.63, 3.8) is 0 Å². The summed E-state index contributed by atoms with van der Waals surface area (Å²) in [5.74, 6) is 0.529. The Labute approximate surface area is 126 Å². The number of H-pyrrole nitrogens is 2. The van der Waals surface area contributed by atoms with Crippen molar-refractivity contribution in [3.8, 4) is 5.75 Å². The molecule has 0 atom stereocenters. The van der Waals surface area contributed by atoms with Gasteiger partial charge in [0.05, 0.1) is 13.5 Å². The Morgan fingerprint density at radius 2 is 1.91 bits per heavy atom. The molecule has 1 aromatic heterocycles. The second-order valence-electron chi connectivity index (χ2n) is 4.74. The first-order valence-electron chi connectivity index (χ1n) is 6.79. The van der Waals surface area contributed by atoms with Crippen molar-refractivity contribution in [2.75, 3.05) is 13.7 Å². The number of hydrogen-bond acceptors (Lipinski definition) is 4. The summed E-state index contributed by atoms with van der Waals surface area (Å²) in [5.41, 5.74) is 0.222. The molecule has 3 N–H and O–H groups in total. The summed E-state index contributed by atoms with van der Waals surface area (Å²) in [5, 5.41) is 2.74. The van der Waals surface area contributed by atoms with Crippen molar-refractivity contribution in [2.24, 2.45) is 0 Å². The van der Waals surface area contributed by atoms with Gasteiger partial charge in [0.1, 0.15) is 5.75 Å². The minimum Gasteiger partial charge on any atom is -0.497 e. The summed E-state index contributed by atoms with van der Waals surface area (Å²) >= 11 is 0. The van der Waals surface area contributed by atoms with E-state index in [1.165, 1.54) is 6.07 Å². The van der Waals surface area contributed by atoms with Crippen LogP contribution in [0.1, 0.15) is 11.3 Å². The van der Waals surface area contributed by atoms with Gasteiger partial charge in [-0.3, -0.25) is 14.6 Å². The minimum absolute atomic E-state index is 0.0399. The molecule has 0 radical (unpaired) electrons. The largest absolute Gasteiger partial charge is 0.497 e. The second kappa shape index (κ2) is 7.26. The van der Waals surface area contributed by atoms with Crippen molar-refractivity contribution in [3.05, 3.63) is 62.4 Å². The third-order valence-electron chi connectivity index (χ3n) is 3.06. The molecule has 0 saturated carbocycles. The summed E-state index contributed by atoms with van der Waals surface area (Å²) in [6, 6.07) is 8.78. The number of carbonyl (C=O) groups excluding carboxylic acids is 1. The van der Waals surface area contributed by atoms with E-state index in [1.54, 1.807) is 7.11 Å². The predicted octanol–water partition coefficient (Wildman–Crippen LogP) is -0.0268. The van der Waals surface area contributed by atoms with Crippen LogP contribution in [0.25, 0.3) is 0 Å². The highest BCUT2D eigenvalue weighted by Crippen LogP contribution is 2.11. The van der Waals surface area contributed by atoms with Crippen LogP contribution in [0, 0.1) is 0 Å². The van der Waals surface area contributed by atoms with E-state index < -0.39 is 11.2 Å². The van der Waals surface area contributed by atoms with Gasteiger partial charge in [0.15, 0.2) is 0 Å². The van der Waals surface area contributed by atoms with Gasteiger partial charge < -0.3 is 15.0 Å². The lowest BCUT2D eigenvalue weighted by atomic mass is 10.1. The number of rotatable bonds is 6. The van der Waals surface area contributed by atoms with Gasteiger partial charge in [0.25, 0.3) is 5.56 Å². The molecule has 7 nitrogen and oxygen atoms in total. The Morgan fingerprint density at radius 3 is 2.55 bits per heavy atom. The van der Waals surface area contributed by atoms with E-state index in [-0.39, 0.29) is 18.0 Å². The maximum atomic E-state index is 11.8. The standard InChI is InChI=1S/C15H17N3O4/c1-22-12-4-2-10(3-5-12)6-7-16-13(19)8-11-9-14(20)18-15(21)17-11/h2-5,9H,6-8H2,1H3,(H,16,19)(H2,17,18,20,21). The number of benzene rings is 1. The molecule has 22 heavy (non-hydrogen) atoms. The molecule has 1 heterocycles. The maximum absolute atomic E-state index is 11.8. The number of nitrogens with one attached hydrogen (secondary N) is 3. The van der Waals surface area contributed by atoms with Crippen molar-refractivity contribution in [1.82, 2.24) is 15.3 Å². The summed E-state index contributed by atoms with van der Waals surface area (Å²) in [4.78, 5) is 38.4. The molecule has 0 bridgehead atoms. The highest BCUT2D eigenvalue weighted by Gasteiger charge is 2.05. The Morgan fingerprint density at radius 1 is 1.18 bits per heavy atom. The molecule has 0 unspecified atom stereocenters. The molecular formula is C15H17N3O4. The van der Waals surface area contributed by atoms with Crippen LogP contribution in [0.3, 0.4) is 0 Å².